The van der Waals surface area contributed by atoms with Crippen LogP contribution in [0.5, 0.6) is 0 Å². The van der Waals surface area contributed by atoms with Gasteiger partial charge in [-0.15, -0.1) is 0 Å². The van der Waals surface area contributed by atoms with E-state index in [2.05, 4.69) is 46.2 Å². The van der Waals surface area contributed by atoms with Gasteiger partial charge >= 0.3 is 0 Å². The summed E-state index contributed by atoms with van der Waals surface area (Å²) in [5.41, 5.74) is 3.33. The van der Waals surface area contributed by atoms with Crippen molar-refractivity contribution in [3.8, 4) is 0 Å². The first-order chi connectivity index (χ1) is 9.60. The number of pyridine rings is 1. The molecular formula is C15H20N4S. The second-order valence-corrected chi connectivity index (χ2v) is 5.81. The summed E-state index contributed by atoms with van der Waals surface area (Å²) in [6.07, 6.45) is 2.68. The summed E-state index contributed by atoms with van der Waals surface area (Å²) >= 11 is 1.59. The molecule has 0 aliphatic heterocycles. The van der Waals surface area contributed by atoms with Crippen LogP contribution < -0.4 is 5.32 Å². The second-order valence-electron chi connectivity index (χ2n) is 4.81. The van der Waals surface area contributed by atoms with Gasteiger partial charge in [-0.05, 0) is 56.7 Å². The summed E-state index contributed by atoms with van der Waals surface area (Å²) in [7, 11) is 0. The normalized spacial score (nSPS) is 10.6. The highest BCUT2D eigenvalue weighted by Crippen LogP contribution is 2.30. The van der Waals surface area contributed by atoms with Crippen LogP contribution in [0.3, 0.4) is 0 Å². The number of rotatable bonds is 5. The Morgan fingerprint density at radius 2 is 1.95 bits per heavy atom. The maximum atomic E-state index is 4.54. The Morgan fingerprint density at radius 1 is 1.15 bits per heavy atom. The van der Waals surface area contributed by atoms with Crippen molar-refractivity contribution in [3.05, 3.63) is 35.3 Å². The van der Waals surface area contributed by atoms with Crippen molar-refractivity contribution in [2.24, 2.45) is 0 Å². The third-order valence-corrected chi connectivity index (χ3v) is 3.88. The molecule has 20 heavy (non-hydrogen) atoms. The Bertz CT molecular complexity index is 578. The monoisotopic (exact) mass is 288 g/mol. The van der Waals surface area contributed by atoms with Gasteiger partial charge in [-0.1, -0.05) is 6.92 Å². The van der Waals surface area contributed by atoms with E-state index in [-0.39, 0.29) is 0 Å². The lowest BCUT2D eigenvalue weighted by Crippen LogP contribution is -2.05. The van der Waals surface area contributed by atoms with E-state index in [1.54, 1.807) is 18.1 Å². The molecule has 0 unspecified atom stereocenters. The third kappa shape index (κ3) is 3.70. The lowest BCUT2D eigenvalue weighted by atomic mass is 10.3. The largest absolute Gasteiger partial charge is 0.370 e. The van der Waals surface area contributed by atoms with Crippen LogP contribution in [0.2, 0.25) is 0 Å². The molecule has 0 radical (unpaired) electrons. The van der Waals surface area contributed by atoms with E-state index < -0.39 is 0 Å². The molecule has 2 rings (SSSR count). The minimum absolute atomic E-state index is 0.911. The van der Waals surface area contributed by atoms with Crippen molar-refractivity contribution in [1.82, 2.24) is 15.0 Å². The topological polar surface area (TPSA) is 50.7 Å². The first-order valence-electron chi connectivity index (χ1n) is 6.78. The van der Waals surface area contributed by atoms with E-state index in [1.807, 2.05) is 13.8 Å². The van der Waals surface area contributed by atoms with Crippen LogP contribution in [0.4, 0.5) is 5.82 Å². The van der Waals surface area contributed by atoms with Crippen molar-refractivity contribution in [2.75, 3.05) is 11.9 Å². The molecular weight excluding hydrogens is 268 g/mol. The summed E-state index contributed by atoms with van der Waals surface area (Å²) in [6.45, 7) is 9.20. The van der Waals surface area contributed by atoms with Crippen LogP contribution >= 0.6 is 11.8 Å². The number of anilines is 1. The molecule has 2 heterocycles. The number of aryl methyl sites for hydroxylation is 2. The average molecular weight is 288 g/mol. The Hall–Kier alpha value is -1.62. The number of nitrogens with zero attached hydrogens (tertiary/aromatic N) is 3. The fourth-order valence-electron chi connectivity index (χ4n) is 1.91. The van der Waals surface area contributed by atoms with Crippen LogP contribution in [0.25, 0.3) is 0 Å². The standard InChI is InChI=1S/C15H20N4S/c1-5-6-16-14-12(4)15(18-9-17-14)20-13-8-10(2)7-11(3)19-13/h7-9H,5-6H2,1-4H3,(H,16,17,18). The highest BCUT2D eigenvalue weighted by Gasteiger charge is 2.09. The van der Waals surface area contributed by atoms with E-state index in [0.717, 1.165) is 40.1 Å². The maximum absolute atomic E-state index is 4.54. The zero-order valence-corrected chi connectivity index (χ0v) is 13.2. The molecule has 0 saturated heterocycles. The SMILES string of the molecule is CCCNc1ncnc(Sc2cc(C)cc(C)n2)c1C. The van der Waals surface area contributed by atoms with E-state index in [0.29, 0.717) is 0 Å². The highest BCUT2D eigenvalue weighted by molar-refractivity contribution is 7.99. The van der Waals surface area contributed by atoms with Crippen molar-refractivity contribution in [3.63, 3.8) is 0 Å². The number of hydrogen-bond acceptors (Lipinski definition) is 5. The van der Waals surface area contributed by atoms with Gasteiger partial charge in [-0.3, -0.25) is 0 Å². The van der Waals surface area contributed by atoms with Crippen LogP contribution in [0.15, 0.2) is 28.5 Å². The summed E-state index contributed by atoms with van der Waals surface area (Å²) < 4.78 is 0. The van der Waals surface area contributed by atoms with Crippen molar-refractivity contribution >= 4 is 17.6 Å². The van der Waals surface area contributed by atoms with E-state index in [1.165, 1.54) is 5.56 Å². The molecule has 0 atom stereocenters. The van der Waals surface area contributed by atoms with Gasteiger partial charge in [-0.25, -0.2) is 15.0 Å². The van der Waals surface area contributed by atoms with Crippen LogP contribution in [0, 0.1) is 20.8 Å². The molecule has 106 valence electrons. The van der Waals surface area contributed by atoms with Gasteiger partial charge < -0.3 is 5.32 Å². The zero-order valence-electron chi connectivity index (χ0n) is 12.4. The fraction of sp³-hybridized carbons (Fsp3) is 0.400. The predicted molar refractivity (Wildman–Crippen MR) is 83.4 cm³/mol. The lowest BCUT2D eigenvalue weighted by Gasteiger charge is -2.10. The first-order valence-corrected chi connectivity index (χ1v) is 7.60. The van der Waals surface area contributed by atoms with Gasteiger partial charge in [0.2, 0.25) is 0 Å². The highest BCUT2D eigenvalue weighted by atomic mass is 32.2. The summed E-state index contributed by atoms with van der Waals surface area (Å²) in [5, 5.41) is 5.26. The minimum Gasteiger partial charge on any atom is -0.370 e. The molecule has 0 spiro atoms. The molecule has 0 amide bonds. The van der Waals surface area contributed by atoms with Gasteiger partial charge in [0.05, 0.1) is 0 Å². The zero-order chi connectivity index (χ0) is 14.5. The Labute approximate surface area is 124 Å². The van der Waals surface area contributed by atoms with Crippen molar-refractivity contribution in [2.45, 2.75) is 44.2 Å². The van der Waals surface area contributed by atoms with E-state index in [9.17, 15) is 0 Å². The molecule has 2 aromatic heterocycles. The first kappa shape index (κ1) is 14.8. The van der Waals surface area contributed by atoms with Gasteiger partial charge in [0.25, 0.3) is 0 Å². The van der Waals surface area contributed by atoms with Crippen molar-refractivity contribution in [1.29, 1.82) is 0 Å². The Balaban J connectivity index is 2.24. The summed E-state index contributed by atoms with van der Waals surface area (Å²) in [5.74, 6) is 0.911. The number of aromatic nitrogens is 3. The van der Waals surface area contributed by atoms with Crippen LogP contribution in [-0.2, 0) is 0 Å². The second kappa shape index (κ2) is 6.70. The maximum Gasteiger partial charge on any atom is 0.133 e. The van der Waals surface area contributed by atoms with Gasteiger partial charge in [0.1, 0.15) is 22.2 Å². The predicted octanol–water partition coefficient (Wildman–Crippen LogP) is 3.77. The molecule has 2 aromatic rings. The van der Waals surface area contributed by atoms with Crippen LogP contribution in [0.1, 0.15) is 30.2 Å². The Morgan fingerprint density at radius 3 is 2.65 bits per heavy atom. The third-order valence-electron chi connectivity index (χ3n) is 2.86. The van der Waals surface area contributed by atoms with E-state index in [4.69, 9.17) is 0 Å². The van der Waals surface area contributed by atoms with Gasteiger partial charge in [0.15, 0.2) is 0 Å². The number of hydrogen-bond donors (Lipinski definition) is 1. The summed E-state index contributed by atoms with van der Waals surface area (Å²) in [6, 6.07) is 4.16. The minimum atomic E-state index is 0.911. The molecule has 4 nitrogen and oxygen atoms in total. The van der Waals surface area contributed by atoms with Gasteiger partial charge in [-0.2, -0.15) is 0 Å². The van der Waals surface area contributed by atoms with Gasteiger partial charge in [0, 0.05) is 17.8 Å². The molecule has 5 heteroatoms. The molecule has 0 saturated carbocycles. The fourth-order valence-corrected chi connectivity index (χ4v) is 2.90. The van der Waals surface area contributed by atoms with E-state index >= 15 is 0 Å². The smallest absolute Gasteiger partial charge is 0.133 e. The average Bonchev–Trinajstić information content (AvgIpc) is 2.38. The Kier molecular flexibility index (Phi) is 4.95. The lowest BCUT2D eigenvalue weighted by molar-refractivity contribution is 0.936. The molecule has 0 aliphatic rings. The molecule has 0 fully saturated rings. The molecule has 0 aromatic carbocycles. The molecule has 1 N–H and O–H groups in total. The van der Waals surface area contributed by atoms with Crippen LogP contribution in [-0.4, -0.2) is 21.5 Å². The quantitative estimate of drug-likeness (QED) is 0.849. The van der Waals surface area contributed by atoms with Crippen molar-refractivity contribution < 1.29 is 0 Å². The summed E-state index contributed by atoms with van der Waals surface area (Å²) in [4.78, 5) is 13.2. The molecule has 0 aliphatic carbocycles. The number of nitrogens with one attached hydrogen (secondary N) is 1. The molecule has 0 bridgehead atoms.